The molecule has 0 unspecified atom stereocenters. The summed E-state index contributed by atoms with van der Waals surface area (Å²) in [5, 5.41) is 15.9. The van der Waals surface area contributed by atoms with Gasteiger partial charge in [0, 0.05) is 31.3 Å². The number of Topliss-reactive ketones (excluding diaryl/α,β-unsaturated/α-hetero) is 1. The Kier molecular flexibility index (Phi) is 13.6. The van der Waals surface area contributed by atoms with Gasteiger partial charge in [0.15, 0.2) is 0 Å². The lowest BCUT2D eigenvalue weighted by Crippen LogP contribution is -2.57. The standard InChI is InChI=1S/C36H44F3N7O6/c1-21(2)28(30(48)34-45-44-33(52-34)23-14-16-24(17-15-23)36(37,38)39)43-32(50)26-12-10-20-46(26)35(51)29(22(3)4)42-27(47)13-6-5-8-19-41-31(49)25-11-7-9-18-40-25/h7,9,11,14-18,21-22,26,28-29H,5-6,8,10,12-13,19-20H2,1-4H3,(H,41,49)(H,42,47)(H,43,50)/t26-,28-,29-/m0/s1. The van der Waals surface area contributed by atoms with Crippen LogP contribution in [0.5, 0.6) is 0 Å². The lowest BCUT2D eigenvalue weighted by Gasteiger charge is -2.31. The molecule has 1 aliphatic rings. The van der Waals surface area contributed by atoms with E-state index in [9.17, 15) is 37.1 Å². The first-order valence-electron chi connectivity index (χ1n) is 17.3. The maximum Gasteiger partial charge on any atom is 0.416 e. The van der Waals surface area contributed by atoms with Gasteiger partial charge >= 0.3 is 6.18 Å². The zero-order chi connectivity index (χ0) is 38.0. The Balaban J connectivity index is 1.30. The van der Waals surface area contributed by atoms with E-state index in [1.54, 1.807) is 52.1 Å². The zero-order valence-electron chi connectivity index (χ0n) is 29.5. The molecular formula is C36H44F3N7O6. The molecule has 1 aromatic carbocycles. The molecule has 0 aliphatic carbocycles. The molecular weight excluding hydrogens is 683 g/mol. The maximum atomic E-state index is 13.7. The summed E-state index contributed by atoms with van der Waals surface area (Å²) in [4.78, 5) is 71.2. The van der Waals surface area contributed by atoms with Gasteiger partial charge in [0.1, 0.15) is 17.8 Å². The van der Waals surface area contributed by atoms with Gasteiger partial charge in [-0.15, -0.1) is 10.2 Å². The van der Waals surface area contributed by atoms with E-state index in [1.807, 2.05) is 0 Å². The highest BCUT2D eigenvalue weighted by atomic mass is 19.4. The molecule has 2 aromatic heterocycles. The first-order chi connectivity index (χ1) is 24.7. The van der Waals surface area contributed by atoms with Crippen LogP contribution in [-0.4, -0.2) is 80.7 Å². The lowest BCUT2D eigenvalue weighted by atomic mass is 9.98. The van der Waals surface area contributed by atoms with Crippen molar-refractivity contribution in [2.24, 2.45) is 11.8 Å². The number of hydrogen-bond donors (Lipinski definition) is 3. The minimum Gasteiger partial charge on any atom is -0.414 e. The number of nitrogens with zero attached hydrogens (tertiary/aromatic N) is 4. The fraction of sp³-hybridized carbons (Fsp3) is 0.500. The van der Waals surface area contributed by atoms with Crippen LogP contribution in [0.25, 0.3) is 11.5 Å². The number of likely N-dealkylation sites (tertiary alicyclic amines) is 1. The normalized spacial score (nSPS) is 15.7. The van der Waals surface area contributed by atoms with Crippen molar-refractivity contribution in [2.45, 2.75) is 90.5 Å². The molecule has 4 rings (SSSR count). The van der Waals surface area contributed by atoms with Gasteiger partial charge in [-0.05, 0) is 73.9 Å². The molecule has 1 saturated heterocycles. The first-order valence-corrected chi connectivity index (χ1v) is 17.3. The smallest absolute Gasteiger partial charge is 0.414 e. The number of carbonyl (C=O) groups is 5. The number of alkyl halides is 3. The summed E-state index contributed by atoms with van der Waals surface area (Å²) in [6.07, 6.45) is -0.00870. The van der Waals surface area contributed by atoms with Crippen molar-refractivity contribution >= 4 is 29.4 Å². The number of carbonyl (C=O) groups excluding carboxylic acids is 5. The third-order valence-electron chi connectivity index (χ3n) is 8.69. The number of aromatic nitrogens is 3. The van der Waals surface area contributed by atoms with E-state index in [0.717, 1.165) is 24.3 Å². The average molecular weight is 728 g/mol. The molecule has 52 heavy (non-hydrogen) atoms. The highest BCUT2D eigenvalue weighted by Crippen LogP contribution is 2.31. The van der Waals surface area contributed by atoms with Crippen LogP contribution in [0.3, 0.4) is 0 Å². The number of unbranched alkanes of at least 4 members (excludes halogenated alkanes) is 2. The summed E-state index contributed by atoms with van der Waals surface area (Å²) in [6.45, 7) is 7.74. The maximum absolute atomic E-state index is 13.7. The van der Waals surface area contributed by atoms with Gasteiger partial charge in [-0.1, -0.05) is 40.2 Å². The summed E-state index contributed by atoms with van der Waals surface area (Å²) < 4.78 is 44.4. The summed E-state index contributed by atoms with van der Waals surface area (Å²) in [5.41, 5.74) is -0.347. The van der Waals surface area contributed by atoms with Crippen LogP contribution in [0.15, 0.2) is 53.1 Å². The summed E-state index contributed by atoms with van der Waals surface area (Å²) in [7, 11) is 0. The summed E-state index contributed by atoms with van der Waals surface area (Å²) in [5.74, 6) is -3.49. The molecule has 280 valence electrons. The summed E-state index contributed by atoms with van der Waals surface area (Å²) >= 11 is 0. The van der Waals surface area contributed by atoms with Gasteiger partial charge < -0.3 is 25.3 Å². The lowest BCUT2D eigenvalue weighted by molar-refractivity contribution is -0.142. The molecule has 0 spiro atoms. The average Bonchev–Trinajstić information content (AvgIpc) is 3.81. The van der Waals surface area contributed by atoms with Crippen molar-refractivity contribution in [3.05, 3.63) is 65.8 Å². The summed E-state index contributed by atoms with van der Waals surface area (Å²) in [6, 6.07) is 6.25. The topological polar surface area (TPSA) is 176 Å². The van der Waals surface area contributed by atoms with E-state index in [0.29, 0.717) is 50.9 Å². The number of benzene rings is 1. The number of hydrogen-bond acceptors (Lipinski definition) is 9. The Hall–Kier alpha value is -5.15. The van der Waals surface area contributed by atoms with E-state index in [-0.39, 0.29) is 35.6 Å². The molecule has 1 aliphatic heterocycles. The SMILES string of the molecule is CC(C)[C@H](NC(=O)[C@@H]1CCCN1C(=O)[C@@H](NC(=O)CCCCCNC(=O)c1ccccn1)C(C)C)C(=O)c1nnc(-c2ccc(C(F)(F)F)cc2)o1. The van der Waals surface area contributed by atoms with Gasteiger partial charge in [0.25, 0.3) is 11.8 Å². The quantitative estimate of drug-likeness (QED) is 0.141. The van der Waals surface area contributed by atoms with Gasteiger partial charge in [-0.25, -0.2) is 0 Å². The fourth-order valence-corrected chi connectivity index (χ4v) is 5.78. The van der Waals surface area contributed by atoms with Gasteiger partial charge in [0.05, 0.1) is 11.6 Å². The van der Waals surface area contributed by atoms with E-state index >= 15 is 0 Å². The molecule has 1 fully saturated rings. The molecule has 3 N–H and O–H groups in total. The second-order valence-corrected chi connectivity index (χ2v) is 13.3. The van der Waals surface area contributed by atoms with Crippen LogP contribution in [0, 0.1) is 11.8 Å². The molecule has 3 heterocycles. The minimum absolute atomic E-state index is 0.162. The first kappa shape index (κ1) is 39.6. The zero-order valence-corrected chi connectivity index (χ0v) is 29.5. The second-order valence-electron chi connectivity index (χ2n) is 13.3. The van der Waals surface area contributed by atoms with Crippen LogP contribution in [-0.2, 0) is 20.6 Å². The molecule has 0 bridgehead atoms. The molecule has 4 amide bonds. The molecule has 3 aromatic rings. The largest absolute Gasteiger partial charge is 0.416 e. The minimum atomic E-state index is -4.52. The predicted molar refractivity (Wildman–Crippen MR) is 182 cm³/mol. The number of nitrogens with one attached hydrogen (secondary N) is 3. The van der Waals surface area contributed by atoms with Gasteiger partial charge in [0.2, 0.25) is 29.4 Å². The van der Waals surface area contributed by atoms with Crippen molar-refractivity contribution in [3.63, 3.8) is 0 Å². The molecule has 13 nitrogen and oxygen atoms in total. The number of ketones is 1. The van der Waals surface area contributed by atoms with Gasteiger partial charge in [-0.3, -0.25) is 29.0 Å². The Bertz CT molecular complexity index is 1700. The Labute approximate surface area is 299 Å². The van der Waals surface area contributed by atoms with E-state index in [2.05, 4.69) is 31.1 Å². The number of rotatable bonds is 16. The Morgan fingerprint density at radius 1 is 0.904 bits per heavy atom. The Morgan fingerprint density at radius 2 is 1.62 bits per heavy atom. The third-order valence-corrected chi connectivity index (χ3v) is 8.69. The van der Waals surface area contributed by atoms with E-state index < -0.39 is 59.3 Å². The van der Waals surface area contributed by atoms with Crippen LogP contribution in [0.4, 0.5) is 13.2 Å². The highest BCUT2D eigenvalue weighted by molar-refractivity contribution is 6.00. The molecule has 16 heteroatoms. The molecule has 0 saturated carbocycles. The van der Waals surface area contributed by atoms with E-state index in [4.69, 9.17) is 4.42 Å². The molecule has 3 atom stereocenters. The van der Waals surface area contributed by atoms with E-state index in [1.165, 1.54) is 4.90 Å². The van der Waals surface area contributed by atoms with Crippen molar-refractivity contribution in [2.75, 3.05) is 13.1 Å². The van der Waals surface area contributed by atoms with Crippen molar-refractivity contribution < 1.29 is 41.6 Å². The van der Waals surface area contributed by atoms with Crippen LogP contribution in [0.1, 0.15) is 93.0 Å². The Morgan fingerprint density at radius 3 is 2.25 bits per heavy atom. The number of pyridine rings is 1. The van der Waals surface area contributed by atoms with Gasteiger partial charge in [-0.2, -0.15) is 13.2 Å². The predicted octanol–water partition coefficient (Wildman–Crippen LogP) is 4.60. The van der Waals surface area contributed by atoms with Crippen LogP contribution < -0.4 is 16.0 Å². The van der Waals surface area contributed by atoms with Crippen molar-refractivity contribution in [1.29, 1.82) is 0 Å². The second kappa shape index (κ2) is 17.9. The molecule has 0 radical (unpaired) electrons. The van der Waals surface area contributed by atoms with Crippen LogP contribution in [0.2, 0.25) is 0 Å². The van der Waals surface area contributed by atoms with Crippen molar-refractivity contribution in [1.82, 2.24) is 36.0 Å². The highest BCUT2D eigenvalue weighted by Gasteiger charge is 2.40. The third kappa shape index (κ3) is 10.4. The number of halogens is 3. The van der Waals surface area contributed by atoms with Crippen LogP contribution >= 0.6 is 0 Å². The fourth-order valence-electron chi connectivity index (χ4n) is 5.78. The monoisotopic (exact) mass is 727 g/mol. The van der Waals surface area contributed by atoms with Crippen molar-refractivity contribution in [3.8, 4) is 11.5 Å². The number of amides is 4.